The molecule has 1 aliphatic heterocycles. The number of hydrogen-bond donors (Lipinski definition) is 2. The predicted octanol–water partition coefficient (Wildman–Crippen LogP) is 1.98. The summed E-state index contributed by atoms with van der Waals surface area (Å²) in [6, 6.07) is 0.559. The highest BCUT2D eigenvalue weighted by Crippen LogP contribution is 2.19. The molecule has 0 aromatic carbocycles. The zero-order valence-corrected chi connectivity index (χ0v) is 12.0. The van der Waals surface area contributed by atoms with Gasteiger partial charge in [0, 0.05) is 19.0 Å². The molecule has 1 unspecified atom stereocenters. The first-order chi connectivity index (χ1) is 9.34. The highest BCUT2D eigenvalue weighted by molar-refractivity contribution is 5.75. The van der Waals surface area contributed by atoms with Crippen LogP contribution in [0.2, 0.25) is 0 Å². The molecule has 110 valence electrons. The van der Waals surface area contributed by atoms with Gasteiger partial charge in [-0.15, -0.1) is 0 Å². The van der Waals surface area contributed by atoms with E-state index in [1.165, 1.54) is 44.9 Å². The third-order valence-corrected chi connectivity index (χ3v) is 4.21. The smallest absolute Gasteiger partial charge is 0.220 e. The van der Waals surface area contributed by atoms with Crippen molar-refractivity contribution >= 4 is 5.91 Å². The Bertz CT molecular complexity index is 259. The average Bonchev–Trinajstić information content (AvgIpc) is 2.96. The molecule has 2 N–H and O–H groups in total. The topological polar surface area (TPSA) is 50.4 Å². The van der Waals surface area contributed by atoms with Crippen LogP contribution >= 0.6 is 0 Å². The molecule has 0 aromatic heterocycles. The summed E-state index contributed by atoms with van der Waals surface area (Å²) >= 11 is 0. The molecular formula is C15H28N2O2. The van der Waals surface area contributed by atoms with Crippen LogP contribution in [0.4, 0.5) is 0 Å². The fraction of sp³-hybridized carbons (Fsp3) is 0.933. The van der Waals surface area contributed by atoms with Crippen LogP contribution in [-0.2, 0) is 9.53 Å². The van der Waals surface area contributed by atoms with Gasteiger partial charge in [0.05, 0.1) is 12.7 Å². The maximum absolute atomic E-state index is 11.7. The van der Waals surface area contributed by atoms with Crippen LogP contribution in [0.3, 0.4) is 0 Å². The van der Waals surface area contributed by atoms with Gasteiger partial charge in [0.15, 0.2) is 0 Å². The lowest BCUT2D eigenvalue weighted by atomic mass is 9.98. The molecule has 0 spiro atoms. The summed E-state index contributed by atoms with van der Waals surface area (Å²) < 4.78 is 5.78. The van der Waals surface area contributed by atoms with E-state index in [4.69, 9.17) is 4.74 Å². The van der Waals surface area contributed by atoms with Gasteiger partial charge >= 0.3 is 0 Å². The highest BCUT2D eigenvalue weighted by Gasteiger charge is 2.15. The standard InChI is InChI=1S/C15H28N2O2/c18-15(9-8-13-5-4-10-16-13)17-11-12-19-14-6-2-1-3-7-14/h13-14,16H,1-12H2,(H,17,18). The number of amides is 1. The molecule has 1 aliphatic carbocycles. The molecule has 1 amide bonds. The first-order valence-electron chi connectivity index (χ1n) is 7.96. The molecule has 1 saturated carbocycles. The number of ether oxygens (including phenoxy) is 1. The van der Waals surface area contributed by atoms with Gasteiger partial charge in [-0.25, -0.2) is 0 Å². The average molecular weight is 268 g/mol. The van der Waals surface area contributed by atoms with Crippen LogP contribution in [0.5, 0.6) is 0 Å². The zero-order chi connectivity index (χ0) is 13.3. The minimum Gasteiger partial charge on any atom is -0.376 e. The molecule has 1 heterocycles. The van der Waals surface area contributed by atoms with Crippen molar-refractivity contribution in [3.63, 3.8) is 0 Å². The van der Waals surface area contributed by atoms with Crippen LogP contribution in [0.1, 0.15) is 57.8 Å². The zero-order valence-electron chi connectivity index (χ0n) is 12.0. The van der Waals surface area contributed by atoms with Crippen LogP contribution < -0.4 is 10.6 Å². The van der Waals surface area contributed by atoms with E-state index in [1.54, 1.807) is 0 Å². The van der Waals surface area contributed by atoms with Gasteiger partial charge in [0.25, 0.3) is 0 Å². The van der Waals surface area contributed by atoms with Gasteiger partial charge in [0.1, 0.15) is 0 Å². The number of hydrogen-bond acceptors (Lipinski definition) is 3. The summed E-state index contributed by atoms with van der Waals surface area (Å²) in [5, 5.41) is 6.37. The fourth-order valence-corrected chi connectivity index (χ4v) is 3.04. The molecule has 2 fully saturated rings. The normalized spacial score (nSPS) is 24.5. The van der Waals surface area contributed by atoms with Gasteiger partial charge < -0.3 is 15.4 Å². The third kappa shape index (κ3) is 5.91. The van der Waals surface area contributed by atoms with Crippen molar-refractivity contribution in [1.29, 1.82) is 0 Å². The molecular weight excluding hydrogens is 240 g/mol. The first kappa shape index (κ1) is 14.8. The van der Waals surface area contributed by atoms with Crippen LogP contribution in [-0.4, -0.2) is 37.7 Å². The van der Waals surface area contributed by atoms with Crippen LogP contribution in [0, 0.1) is 0 Å². The summed E-state index contributed by atoms with van der Waals surface area (Å²) in [5.74, 6) is 0.168. The van der Waals surface area contributed by atoms with Crippen molar-refractivity contribution in [3.05, 3.63) is 0 Å². The third-order valence-electron chi connectivity index (χ3n) is 4.21. The van der Waals surface area contributed by atoms with Crippen molar-refractivity contribution in [2.45, 2.75) is 69.9 Å². The Hall–Kier alpha value is -0.610. The van der Waals surface area contributed by atoms with Crippen molar-refractivity contribution < 1.29 is 9.53 Å². The second-order valence-electron chi connectivity index (χ2n) is 5.81. The van der Waals surface area contributed by atoms with Crippen LogP contribution in [0.15, 0.2) is 0 Å². The number of carbonyl (C=O) groups is 1. The van der Waals surface area contributed by atoms with Gasteiger partial charge in [-0.3, -0.25) is 4.79 Å². The summed E-state index contributed by atoms with van der Waals surface area (Å²) in [5.41, 5.74) is 0. The lowest BCUT2D eigenvalue weighted by Gasteiger charge is -2.22. The van der Waals surface area contributed by atoms with Crippen molar-refractivity contribution in [2.75, 3.05) is 19.7 Å². The maximum atomic E-state index is 11.7. The Kier molecular flexibility index (Phi) is 6.65. The maximum Gasteiger partial charge on any atom is 0.220 e. The van der Waals surface area contributed by atoms with Crippen molar-refractivity contribution in [3.8, 4) is 0 Å². The molecule has 2 rings (SSSR count). The molecule has 0 aromatic rings. The monoisotopic (exact) mass is 268 g/mol. The minimum atomic E-state index is 0.168. The van der Waals surface area contributed by atoms with E-state index >= 15 is 0 Å². The van der Waals surface area contributed by atoms with Crippen molar-refractivity contribution in [1.82, 2.24) is 10.6 Å². The first-order valence-corrected chi connectivity index (χ1v) is 7.96. The second kappa shape index (κ2) is 8.54. The number of nitrogens with one attached hydrogen (secondary N) is 2. The number of carbonyl (C=O) groups excluding carboxylic acids is 1. The lowest BCUT2D eigenvalue weighted by Crippen LogP contribution is -2.31. The lowest BCUT2D eigenvalue weighted by molar-refractivity contribution is -0.121. The quantitative estimate of drug-likeness (QED) is 0.694. The van der Waals surface area contributed by atoms with E-state index in [9.17, 15) is 4.79 Å². The Morgan fingerprint density at radius 1 is 1.16 bits per heavy atom. The fourth-order valence-electron chi connectivity index (χ4n) is 3.04. The van der Waals surface area contributed by atoms with E-state index in [0.717, 1.165) is 13.0 Å². The molecule has 1 saturated heterocycles. The van der Waals surface area contributed by atoms with E-state index in [1.807, 2.05) is 0 Å². The molecule has 4 nitrogen and oxygen atoms in total. The molecule has 19 heavy (non-hydrogen) atoms. The number of rotatable bonds is 7. The van der Waals surface area contributed by atoms with E-state index in [0.29, 0.717) is 31.7 Å². The van der Waals surface area contributed by atoms with Gasteiger partial charge in [-0.1, -0.05) is 19.3 Å². The molecule has 0 bridgehead atoms. The summed E-state index contributed by atoms with van der Waals surface area (Å²) in [6.45, 7) is 2.44. The highest BCUT2D eigenvalue weighted by atomic mass is 16.5. The van der Waals surface area contributed by atoms with E-state index < -0.39 is 0 Å². The summed E-state index contributed by atoms with van der Waals surface area (Å²) in [7, 11) is 0. The Balaban J connectivity index is 1.44. The van der Waals surface area contributed by atoms with Gasteiger partial charge in [0.2, 0.25) is 5.91 Å². The summed E-state index contributed by atoms with van der Waals surface area (Å²) in [4.78, 5) is 11.7. The molecule has 2 aliphatic rings. The van der Waals surface area contributed by atoms with E-state index in [-0.39, 0.29) is 5.91 Å². The van der Waals surface area contributed by atoms with E-state index in [2.05, 4.69) is 10.6 Å². The van der Waals surface area contributed by atoms with Crippen LogP contribution in [0.25, 0.3) is 0 Å². The Morgan fingerprint density at radius 3 is 2.74 bits per heavy atom. The Labute approximate surface area is 116 Å². The largest absolute Gasteiger partial charge is 0.376 e. The predicted molar refractivity (Wildman–Crippen MR) is 76.1 cm³/mol. The minimum absolute atomic E-state index is 0.168. The molecule has 4 heteroatoms. The second-order valence-corrected chi connectivity index (χ2v) is 5.81. The molecule has 0 radical (unpaired) electrons. The van der Waals surface area contributed by atoms with Gasteiger partial charge in [-0.05, 0) is 38.6 Å². The van der Waals surface area contributed by atoms with Crippen molar-refractivity contribution in [2.24, 2.45) is 0 Å². The SMILES string of the molecule is O=C(CCC1CCCN1)NCCOC1CCCCC1. The Morgan fingerprint density at radius 2 is 2.00 bits per heavy atom. The molecule has 1 atom stereocenters. The summed E-state index contributed by atoms with van der Waals surface area (Å²) in [6.07, 6.45) is 10.9. The van der Waals surface area contributed by atoms with Gasteiger partial charge in [-0.2, -0.15) is 0 Å².